The van der Waals surface area contributed by atoms with E-state index in [1.807, 2.05) is 13.0 Å². The lowest BCUT2D eigenvalue weighted by atomic mass is 9.65. The monoisotopic (exact) mass is 424 g/mol. The van der Waals surface area contributed by atoms with Gasteiger partial charge in [0.05, 0.1) is 17.9 Å². The number of ether oxygens (including phenoxy) is 2. The molecule has 0 bridgehead atoms. The Morgan fingerprint density at radius 3 is 2.77 bits per heavy atom. The molecule has 0 saturated carbocycles. The Morgan fingerprint density at radius 1 is 1.33 bits per heavy atom. The van der Waals surface area contributed by atoms with Crippen LogP contribution in [-0.4, -0.2) is 35.4 Å². The summed E-state index contributed by atoms with van der Waals surface area (Å²) in [5, 5.41) is 9.96. The van der Waals surface area contributed by atoms with E-state index in [4.69, 9.17) is 17.7 Å². The van der Waals surface area contributed by atoms with Crippen molar-refractivity contribution in [2.75, 3.05) is 0 Å². The topological polar surface area (TPSA) is 72.8 Å². The van der Waals surface area contributed by atoms with E-state index in [2.05, 4.69) is 19.1 Å². The Bertz CT molecular complexity index is 878. The van der Waals surface area contributed by atoms with Crippen LogP contribution in [0.5, 0.6) is 0 Å². The first-order valence-electron chi connectivity index (χ1n) is 14.1. The molecule has 1 fully saturated rings. The highest BCUT2D eigenvalue weighted by molar-refractivity contribution is 5.76. The van der Waals surface area contributed by atoms with Gasteiger partial charge in [-0.05, 0) is 62.7 Å². The number of cyclic esters (lactones) is 1. The highest BCUT2D eigenvalue weighted by Gasteiger charge is 2.43. The molecule has 3 rings (SSSR count). The summed E-state index contributed by atoms with van der Waals surface area (Å²) in [6.07, 6.45) is 6.02. The third-order valence-corrected chi connectivity index (χ3v) is 6.79. The van der Waals surface area contributed by atoms with Gasteiger partial charge >= 0.3 is 11.9 Å². The van der Waals surface area contributed by atoms with E-state index in [9.17, 15) is 14.7 Å². The SMILES string of the molecule is [2H]C([2H])([2H])C(CC)(C(=O)O[C@@H]1C[C@H](C)C=C2C=C[C@@H](C)[C@@H](CC[C@H]3C[C@H](O)CC(=O)O3)[C@@H]21)C([2H])([2H])[2H]. The van der Waals surface area contributed by atoms with E-state index >= 15 is 0 Å². The predicted molar refractivity (Wildman–Crippen MR) is 115 cm³/mol. The summed E-state index contributed by atoms with van der Waals surface area (Å²) in [5.74, 6) is -1.70. The fraction of sp³-hybridized carbons (Fsp3) is 0.760. The molecule has 0 aromatic rings. The van der Waals surface area contributed by atoms with Crippen LogP contribution in [0.4, 0.5) is 0 Å². The third kappa shape index (κ3) is 5.16. The van der Waals surface area contributed by atoms with Gasteiger partial charge in [0, 0.05) is 20.6 Å². The molecule has 5 heteroatoms. The number of carbonyl (C=O) groups excluding carboxylic acids is 2. The number of rotatable bonds is 6. The summed E-state index contributed by atoms with van der Waals surface area (Å²) in [6.45, 7) is -0.698. The molecule has 2 aliphatic carbocycles. The molecule has 1 heterocycles. The molecule has 1 saturated heterocycles. The minimum atomic E-state index is -3.06. The van der Waals surface area contributed by atoms with Crippen molar-refractivity contribution in [3.8, 4) is 0 Å². The fourth-order valence-electron chi connectivity index (χ4n) is 5.02. The van der Waals surface area contributed by atoms with Crippen molar-refractivity contribution in [2.45, 2.75) is 91.3 Å². The Morgan fingerprint density at radius 2 is 2.10 bits per heavy atom. The van der Waals surface area contributed by atoms with E-state index in [1.165, 1.54) is 6.92 Å². The lowest BCUT2D eigenvalue weighted by molar-refractivity contribution is -0.166. The number of hydrogen-bond acceptors (Lipinski definition) is 5. The highest BCUT2D eigenvalue weighted by Crippen LogP contribution is 2.45. The molecule has 5 nitrogen and oxygen atoms in total. The number of fused-ring (bicyclic) bond motifs is 1. The lowest BCUT2D eigenvalue weighted by Crippen LogP contribution is -2.43. The van der Waals surface area contributed by atoms with Gasteiger partial charge in [0.15, 0.2) is 0 Å². The van der Waals surface area contributed by atoms with Crippen LogP contribution in [0.25, 0.3) is 0 Å². The average molecular weight is 425 g/mol. The third-order valence-electron chi connectivity index (χ3n) is 6.79. The Labute approximate surface area is 189 Å². The standard InChI is InChI=1S/C25H38O5/c1-6-25(4,5)24(28)30-21-12-15(2)11-17-8-7-16(3)20(23(17)21)10-9-19-13-18(26)14-22(27)29-19/h7-8,11,15-16,18-21,23,26H,6,9-10,12-14H2,1-5H3/t15-,16-,18+,19+,20-,21-,23-/m1/s1/i4D3,5D3. The fourth-order valence-corrected chi connectivity index (χ4v) is 5.02. The van der Waals surface area contributed by atoms with Crippen molar-refractivity contribution in [3.63, 3.8) is 0 Å². The molecule has 1 aliphatic heterocycles. The van der Waals surface area contributed by atoms with Crippen molar-refractivity contribution >= 4 is 11.9 Å². The second-order valence-corrected chi connectivity index (χ2v) is 9.27. The Kier molecular flexibility index (Phi) is 4.96. The number of hydrogen-bond donors (Lipinski definition) is 1. The Hall–Kier alpha value is -1.62. The molecule has 168 valence electrons. The molecule has 1 N–H and O–H groups in total. The molecule has 30 heavy (non-hydrogen) atoms. The smallest absolute Gasteiger partial charge is 0.311 e. The number of aliphatic hydroxyl groups excluding tert-OH is 1. The molecule has 0 aromatic heterocycles. The maximum absolute atomic E-state index is 13.4. The summed E-state index contributed by atoms with van der Waals surface area (Å²) < 4.78 is 58.9. The van der Waals surface area contributed by atoms with Crippen LogP contribution in [0.1, 0.15) is 81.2 Å². The second kappa shape index (κ2) is 9.25. The summed E-state index contributed by atoms with van der Waals surface area (Å²) in [4.78, 5) is 25.2. The molecule has 0 unspecified atom stereocenters. The molecule has 7 atom stereocenters. The lowest BCUT2D eigenvalue weighted by Gasteiger charge is -2.44. The van der Waals surface area contributed by atoms with E-state index in [-0.39, 0.29) is 30.1 Å². The van der Waals surface area contributed by atoms with Gasteiger partial charge in [0.1, 0.15) is 12.2 Å². The minimum Gasteiger partial charge on any atom is -0.462 e. The number of carbonyl (C=O) groups is 2. The molecular weight excluding hydrogens is 380 g/mol. The molecule has 0 spiro atoms. The second-order valence-electron chi connectivity index (χ2n) is 9.27. The van der Waals surface area contributed by atoms with Crippen molar-refractivity contribution in [1.29, 1.82) is 0 Å². The van der Waals surface area contributed by atoms with Crippen LogP contribution in [-0.2, 0) is 19.1 Å². The van der Waals surface area contributed by atoms with Gasteiger partial charge in [-0.25, -0.2) is 0 Å². The predicted octanol–water partition coefficient (Wildman–Crippen LogP) is 4.59. The van der Waals surface area contributed by atoms with E-state index in [0.717, 1.165) is 5.57 Å². The summed E-state index contributed by atoms with van der Waals surface area (Å²) in [7, 11) is 0. The molecular formula is C25H38O5. The van der Waals surface area contributed by atoms with Crippen LogP contribution in [0.3, 0.4) is 0 Å². The highest BCUT2D eigenvalue weighted by atomic mass is 16.6. The van der Waals surface area contributed by atoms with Crippen molar-refractivity contribution in [1.82, 2.24) is 0 Å². The van der Waals surface area contributed by atoms with E-state index < -0.39 is 55.8 Å². The first-order chi connectivity index (χ1) is 16.6. The summed E-state index contributed by atoms with van der Waals surface area (Å²) in [5.41, 5.74) is -1.62. The van der Waals surface area contributed by atoms with Gasteiger partial charge in [-0.15, -0.1) is 0 Å². The first kappa shape index (κ1) is 16.1. The van der Waals surface area contributed by atoms with Gasteiger partial charge in [0.2, 0.25) is 0 Å². The normalized spacial score (nSPS) is 40.3. The zero-order valence-electron chi connectivity index (χ0n) is 24.1. The minimum absolute atomic E-state index is 0.000807. The number of allylic oxidation sites excluding steroid dienone is 3. The van der Waals surface area contributed by atoms with Gasteiger partial charge < -0.3 is 14.6 Å². The molecule has 3 aliphatic rings. The average Bonchev–Trinajstić information content (AvgIpc) is 2.71. The van der Waals surface area contributed by atoms with Crippen LogP contribution in [0.15, 0.2) is 23.8 Å². The molecule has 0 amide bonds. The van der Waals surface area contributed by atoms with Crippen molar-refractivity contribution in [3.05, 3.63) is 23.8 Å². The van der Waals surface area contributed by atoms with E-state index in [0.29, 0.717) is 25.7 Å². The number of aliphatic hydroxyl groups is 1. The zero-order chi connectivity index (χ0) is 27.1. The summed E-state index contributed by atoms with van der Waals surface area (Å²) >= 11 is 0. The van der Waals surface area contributed by atoms with Crippen LogP contribution >= 0.6 is 0 Å². The van der Waals surface area contributed by atoms with Gasteiger partial charge in [0.25, 0.3) is 0 Å². The zero-order valence-corrected chi connectivity index (χ0v) is 18.1. The van der Waals surface area contributed by atoms with Gasteiger partial charge in [-0.1, -0.05) is 39.0 Å². The van der Waals surface area contributed by atoms with Crippen molar-refractivity contribution in [2.24, 2.45) is 29.1 Å². The number of esters is 2. The first-order valence-corrected chi connectivity index (χ1v) is 11.1. The van der Waals surface area contributed by atoms with Gasteiger partial charge in [-0.2, -0.15) is 0 Å². The van der Waals surface area contributed by atoms with Crippen LogP contribution in [0.2, 0.25) is 0 Å². The molecule has 0 aromatic carbocycles. The summed E-state index contributed by atoms with van der Waals surface area (Å²) in [6, 6.07) is 0. The van der Waals surface area contributed by atoms with Crippen LogP contribution in [0, 0.1) is 29.1 Å². The largest absolute Gasteiger partial charge is 0.462 e. The molecule has 0 radical (unpaired) electrons. The maximum Gasteiger partial charge on any atom is 0.311 e. The van der Waals surface area contributed by atoms with E-state index in [1.54, 1.807) is 0 Å². The van der Waals surface area contributed by atoms with Crippen LogP contribution < -0.4 is 0 Å². The Balaban J connectivity index is 1.88. The van der Waals surface area contributed by atoms with Gasteiger partial charge in [-0.3, -0.25) is 9.59 Å². The van der Waals surface area contributed by atoms with Crippen molar-refractivity contribution < 1.29 is 32.4 Å². The maximum atomic E-state index is 13.4. The quantitative estimate of drug-likeness (QED) is 0.632.